The van der Waals surface area contributed by atoms with Crippen molar-refractivity contribution < 1.29 is 37.7 Å². The van der Waals surface area contributed by atoms with Gasteiger partial charge in [-0.15, -0.1) is 0 Å². The fraction of sp³-hybridized carbons (Fsp3) is 0.333. The van der Waals surface area contributed by atoms with Crippen LogP contribution in [0.25, 0.3) is 0 Å². The lowest BCUT2D eigenvalue weighted by Crippen LogP contribution is -2.36. The first-order valence-corrected chi connectivity index (χ1v) is 5.70. The highest BCUT2D eigenvalue weighted by atomic mass is 19.4. The van der Waals surface area contributed by atoms with E-state index in [1.807, 2.05) is 0 Å². The summed E-state index contributed by atoms with van der Waals surface area (Å²) in [6.45, 7) is -2.54. The number of benzene rings is 1. The van der Waals surface area contributed by atoms with Gasteiger partial charge in [0.25, 0.3) is 0 Å². The van der Waals surface area contributed by atoms with Crippen molar-refractivity contribution in [1.82, 2.24) is 0 Å². The molecule has 21 heavy (non-hydrogen) atoms. The standard InChI is InChI=1S/C12H12F3NO5/c13-12(14,15)7-21-11(20)16(5-6-17)9-3-1-8(2-4-9)10(18)19/h1-4,17H,5-7H2,(H,18,19). The van der Waals surface area contributed by atoms with Gasteiger partial charge in [-0.3, -0.25) is 4.90 Å². The summed E-state index contributed by atoms with van der Waals surface area (Å²) in [6.07, 6.45) is -5.95. The molecular formula is C12H12F3NO5. The smallest absolute Gasteiger partial charge is 0.422 e. The number of aliphatic hydroxyl groups excluding tert-OH is 1. The van der Waals surface area contributed by atoms with Crippen LogP contribution in [-0.4, -0.2) is 48.2 Å². The van der Waals surface area contributed by atoms with E-state index in [0.717, 1.165) is 4.90 Å². The number of hydrogen-bond donors (Lipinski definition) is 2. The molecule has 1 aromatic rings. The Kier molecular flexibility index (Phi) is 5.53. The molecule has 0 heterocycles. The zero-order valence-electron chi connectivity index (χ0n) is 10.6. The highest BCUT2D eigenvalue weighted by Crippen LogP contribution is 2.19. The number of anilines is 1. The van der Waals surface area contributed by atoms with Gasteiger partial charge in [0.2, 0.25) is 0 Å². The normalized spacial score (nSPS) is 11.0. The maximum Gasteiger partial charge on any atom is 0.422 e. The number of carbonyl (C=O) groups is 2. The molecule has 1 amide bonds. The van der Waals surface area contributed by atoms with Gasteiger partial charge in [-0.05, 0) is 24.3 Å². The van der Waals surface area contributed by atoms with Crippen LogP contribution in [0.2, 0.25) is 0 Å². The van der Waals surface area contributed by atoms with Crippen LogP contribution in [0.3, 0.4) is 0 Å². The van der Waals surface area contributed by atoms with Crippen molar-refractivity contribution >= 4 is 17.7 Å². The first kappa shape index (κ1) is 16.8. The summed E-state index contributed by atoms with van der Waals surface area (Å²) < 4.78 is 40.1. The molecule has 0 fully saturated rings. The quantitative estimate of drug-likeness (QED) is 0.867. The van der Waals surface area contributed by atoms with Crippen LogP contribution < -0.4 is 4.90 Å². The Morgan fingerprint density at radius 1 is 1.19 bits per heavy atom. The number of aromatic carboxylic acids is 1. The Bertz CT molecular complexity index is 501. The molecule has 116 valence electrons. The summed E-state index contributed by atoms with van der Waals surface area (Å²) in [5.74, 6) is -1.19. The third-order valence-electron chi connectivity index (χ3n) is 2.33. The summed E-state index contributed by atoms with van der Waals surface area (Å²) in [4.78, 5) is 23.0. The van der Waals surface area contributed by atoms with Crippen LogP contribution in [0.15, 0.2) is 24.3 Å². The van der Waals surface area contributed by atoms with Crippen molar-refractivity contribution in [2.45, 2.75) is 6.18 Å². The summed E-state index contributed by atoms with van der Waals surface area (Å²) >= 11 is 0. The van der Waals surface area contributed by atoms with Crippen LogP contribution >= 0.6 is 0 Å². The molecule has 0 radical (unpaired) electrons. The molecule has 0 aliphatic rings. The number of carbonyl (C=O) groups excluding carboxylic acids is 1. The summed E-state index contributed by atoms with van der Waals surface area (Å²) in [7, 11) is 0. The number of hydrogen-bond acceptors (Lipinski definition) is 4. The summed E-state index contributed by atoms with van der Waals surface area (Å²) in [5.41, 5.74) is 0.0626. The molecule has 6 nitrogen and oxygen atoms in total. The maximum atomic E-state index is 12.0. The fourth-order valence-electron chi connectivity index (χ4n) is 1.43. The Morgan fingerprint density at radius 3 is 2.19 bits per heavy atom. The van der Waals surface area contributed by atoms with Crippen molar-refractivity contribution in [3.63, 3.8) is 0 Å². The van der Waals surface area contributed by atoms with Crippen LogP contribution in [0.4, 0.5) is 23.7 Å². The van der Waals surface area contributed by atoms with E-state index in [9.17, 15) is 22.8 Å². The minimum atomic E-state index is -4.66. The van der Waals surface area contributed by atoms with E-state index in [1.165, 1.54) is 24.3 Å². The third-order valence-corrected chi connectivity index (χ3v) is 2.33. The molecule has 0 aliphatic carbocycles. The summed E-state index contributed by atoms with van der Waals surface area (Å²) in [6, 6.07) is 4.82. The Balaban J connectivity index is 2.85. The zero-order chi connectivity index (χ0) is 16.0. The van der Waals surface area contributed by atoms with Crippen molar-refractivity contribution in [2.24, 2.45) is 0 Å². The number of amides is 1. The lowest BCUT2D eigenvalue weighted by atomic mass is 10.2. The predicted octanol–water partition coefficient (Wildman–Crippen LogP) is 1.88. The minimum absolute atomic E-state index is 0.0497. The number of aliphatic hydroxyl groups is 1. The zero-order valence-corrected chi connectivity index (χ0v) is 10.6. The van der Waals surface area contributed by atoms with Gasteiger partial charge in [-0.1, -0.05) is 0 Å². The number of halogens is 3. The molecule has 0 saturated carbocycles. The SMILES string of the molecule is O=C(O)c1ccc(N(CCO)C(=O)OCC(F)(F)F)cc1. The van der Waals surface area contributed by atoms with E-state index in [2.05, 4.69) is 4.74 Å². The first-order valence-electron chi connectivity index (χ1n) is 5.70. The molecule has 0 aliphatic heterocycles. The second kappa shape index (κ2) is 6.93. The predicted molar refractivity (Wildman–Crippen MR) is 65.2 cm³/mol. The van der Waals surface area contributed by atoms with Crippen molar-refractivity contribution in [2.75, 3.05) is 24.7 Å². The van der Waals surface area contributed by atoms with Crippen molar-refractivity contribution in [3.05, 3.63) is 29.8 Å². The van der Waals surface area contributed by atoms with E-state index in [-0.39, 0.29) is 17.8 Å². The molecule has 0 atom stereocenters. The molecule has 0 unspecified atom stereocenters. The topological polar surface area (TPSA) is 87.1 Å². The number of carboxylic acids is 1. The van der Waals surface area contributed by atoms with E-state index in [0.29, 0.717) is 0 Å². The molecule has 1 aromatic carbocycles. The monoisotopic (exact) mass is 307 g/mol. The van der Waals surface area contributed by atoms with Gasteiger partial charge in [0.15, 0.2) is 6.61 Å². The first-order chi connectivity index (χ1) is 9.74. The number of nitrogens with zero attached hydrogens (tertiary/aromatic N) is 1. The number of rotatable bonds is 5. The maximum absolute atomic E-state index is 12.0. The molecule has 1 rings (SSSR count). The van der Waals surface area contributed by atoms with Gasteiger partial charge >= 0.3 is 18.2 Å². The lowest BCUT2D eigenvalue weighted by Gasteiger charge is -2.21. The fourth-order valence-corrected chi connectivity index (χ4v) is 1.43. The van der Waals surface area contributed by atoms with Crippen molar-refractivity contribution in [1.29, 1.82) is 0 Å². The van der Waals surface area contributed by atoms with Crippen LogP contribution in [0.5, 0.6) is 0 Å². The Hall–Kier alpha value is -2.29. The van der Waals surface area contributed by atoms with Gasteiger partial charge in [0, 0.05) is 5.69 Å². The third kappa shape index (κ3) is 5.30. The van der Waals surface area contributed by atoms with Crippen LogP contribution in [0.1, 0.15) is 10.4 Å². The highest BCUT2D eigenvalue weighted by Gasteiger charge is 2.31. The van der Waals surface area contributed by atoms with E-state index < -0.39 is 31.5 Å². The number of ether oxygens (including phenoxy) is 1. The molecule has 2 N–H and O–H groups in total. The highest BCUT2D eigenvalue weighted by molar-refractivity contribution is 5.90. The molecular weight excluding hydrogens is 295 g/mol. The lowest BCUT2D eigenvalue weighted by molar-refractivity contribution is -0.159. The minimum Gasteiger partial charge on any atom is -0.478 e. The second-order valence-corrected chi connectivity index (χ2v) is 3.90. The van der Waals surface area contributed by atoms with E-state index >= 15 is 0 Å². The molecule has 0 bridgehead atoms. The Morgan fingerprint density at radius 2 is 1.76 bits per heavy atom. The van der Waals surface area contributed by atoms with Crippen molar-refractivity contribution in [3.8, 4) is 0 Å². The van der Waals surface area contributed by atoms with Gasteiger partial charge in [-0.25, -0.2) is 9.59 Å². The molecule has 0 spiro atoms. The Labute approximate surface area is 117 Å². The molecule has 0 saturated heterocycles. The van der Waals surface area contributed by atoms with Crippen LogP contribution in [0, 0.1) is 0 Å². The van der Waals surface area contributed by atoms with Gasteiger partial charge in [-0.2, -0.15) is 13.2 Å². The second-order valence-electron chi connectivity index (χ2n) is 3.90. The number of alkyl halides is 3. The number of carboxylic acid groups (broad SMARTS) is 1. The van der Waals surface area contributed by atoms with E-state index in [1.54, 1.807) is 0 Å². The van der Waals surface area contributed by atoms with E-state index in [4.69, 9.17) is 10.2 Å². The average molecular weight is 307 g/mol. The van der Waals surface area contributed by atoms with Gasteiger partial charge in [0.05, 0.1) is 18.7 Å². The average Bonchev–Trinajstić information content (AvgIpc) is 2.41. The van der Waals surface area contributed by atoms with Gasteiger partial charge in [0.1, 0.15) is 0 Å². The molecule has 9 heteroatoms. The van der Waals surface area contributed by atoms with Crippen LogP contribution in [-0.2, 0) is 4.74 Å². The largest absolute Gasteiger partial charge is 0.478 e. The molecule has 0 aromatic heterocycles. The summed E-state index contributed by atoms with van der Waals surface area (Å²) in [5, 5.41) is 17.6. The van der Waals surface area contributed by atoms with Gasteiger partial charge < -0.3 is 14.9 Å².